The van der Waals surface area contributed by atoms with Gasteiger partial charge in [0.25, 0.3) is 11.6 Å². The molecule has 2 aliphatic heterocycles. The zero-order chi connectivity index (χ0) is 25.1. The Morgan fingerprint density at radius 2 is 1.63 bits per heavy atom. The van der Waals surface area contributed by atoms with E-state index in [1.807, 2.05) is 13.8 Å². The van der Waals surface area contributed by atoms with E-state index < -0.39 is 4.92 Å². The Morgan fingerprint density at radius 1 is 1.00 bits per heavy atom. The van der Waals surface area contributed by atoms with Crippen molar-refractivity contribution in [3.8, 4) is 0 Å². The summed E-state index contributed by atoms with van der Waals surface area (Å²) >= 11 is 0. The molecule has 1 unspecified atom stereocenters. The molecule has 0 aliphatic carbocycles. The van der Waals surface area contributed by atoms with Crippen LogP contribution in [0.2, 0.25) is 0 Å². The molecule has 2 heterocycles. The largest absolute Gasteiger partial charge is 0.368 e. The van der Waals surface area contributed by atoms with Crippen molar-refractivity contribution in [3.63, 3.8) is 0 Å². The molecule has 10 heteroatoms. The minimum Gasteiger partial charge on any atom is -0.368 e. The summed E-state index contributed by atoms with van der Waals surface area (Å²) in [5, 5.41) is 13.7. The Kier molecular flexibility index (Phi) is 6.99. The molecule has 3 amide bonds. The number of nitro groups is 1. The van der Waals surface area contributed by atoms with Crippen LogP contribution in [0.4, 0.5) is 17.1 Å². The molecule has 1 N–H and O–H groups in total. The summed E-state index contributed by atoms with van der Waals surface area (Å²) in [6, 6.07) is 13.3. The summed E-state index contributed by atoms with van der Waals surface area (Å²) in [6.45, 7) is 6.63. The standard InChI is InChI=1S/C25H29N5O5/c1-17(2)29-16-19(15-23(29)31)24(32)26-20-5-3-18(4-6-20)25(33)28-13-11-27(12-14-28)21-7-9-22(10-8-21)30(34)35/h3-10,17,19H,11-16H2,1-2H3,(H,26,32). The SMILES string of the molecule is CC(C)N1CC(C(=O)Nc2ccc(C(=O)N3CCN(c4ccc([N+](=O)[O-])cc4)CC3)cc2)CC1=O. The van der Waals surface area contributed by atoms with E-state index >= 15 is 0 Å². The molecule has 2 fully saturated rings. The minimum absolute atomic E-state index is 0.00484. The molecular weight excluding hydrogens is 450 g/mol. The number of piperazine rings is 1. The van der Waals surface area contributed by atoms with Gasteiger partial charge in [0.15, 0.2) is 0 Å². The van der Waals surface area contributed by atoms with E-state index in [0.717, 1.165) is 5.69 Å². The second-order valence-electron chi connectivity index (χ2n) is 9.16. The molecule has 2 saturated heterocycles. The molecule has 184 valence electrons. The van der Waals surface area contributed by atoms with E-state index in [0.29, 0.717) is 44.0 Å². The maximum atomic E-state index is 12.9. The van der Waals surface area contributed by atoms with Gasteiger partial charge in [0.2, 0.25) is 11.8 Å². The number of nitrogens with one attached hydrogen (secondary N) is 1. The van der Waals surface area contributed by atoms with Gasteiger partial charge in [0.1, 0.15) is 0 Å². The first kappa shape index (κ1) is 24.2. The number of nitro benzene ring substituents is 1. The normalized spacial score (nSPS) is 18.2. The van der Waals surface area contributed by atoms with Gasteiger partial charge in [-0.15, -0.1) is 0 Å². The van der Waals surface area contributed by atoms with Crippen molar-refractivity contribution in [2.45, 2.75) is 26.3 Å². The van der Waals surface area contributed by atoms with Crippen LogP contribution in [0.3, 0.4) is 0 Å². The molecule has 35 heavy (non-hydrogen) atoms. The number of benzene rings is 2. The highest BCUT2D eigenvalue weighted by Crippen LogP contribution is 2.23. The molecule has 10 nitrogen and oxygen atoms in total. The number of carbonyl (C=O) groups is 3. The highest BCUT2D eigenvalue weighted by Gasteiger charge is 2.35. The predicted molar refractivity (Wildman–Crippen MR) is 131 cm³/mol. The first-order valence-corrected chi connectivity index (χ1v) is 11.7. The molecule has 4 rings (SSSR count). The third kappa shape index (κ3) is 5.42. The maximum Gasteiger partial charge on any atom is 0.269 e. The van der Waals surface area contributed by atoms with Gasteiger partial charge in [0, 0.05) is 74.3 Å². The average molecular weight is 480 g/mol. The van der Waals surface area contributed by atoms with Crippen molar-refractivity contribution in [3.05, 3.63) is 64.2 Å². The van der Waals surface area contributed by atoms with Crippen LogP contribution in [0.5, 0.6) is 0 Å². The molecule has 2 aliphatic rings. The second kappa shape index (κ2) is 10.1. The summed E-state index contributed by atoms with van der Waals surface area (Å²) < 4.78 is 0. The Labute approximate surface area is 203 Å². The fourth-order valence-electron chi connectivity index (χ4n) is 4.48. The number of amides is 3. The second-order valence-corrected chi connectivity index (χ2v) is 9.16. The zero-order valence-corrected chi connectivity index (χ0v) is 19.8. The Morgan fingerprint density at radius 3 is 2.17 bits per heavy atom. The predicted octanol–water partition coefficient (Wildman–Crippen LogP) is 2.75. The van der Waals surface area contributed by atoms with E-state index in [2.05, 4.69) is 10.2 Å². The summed E-state index contributed by atoms with van der Waals surface area (Å²) in [4.78, 5) is 53.6. The van der Waals surface area contributed by atoms with E-state index in [1.54, 1.807) is 46.2 Å². The Balaban J connectivity index is 1.29. The topological polar surface area (TPSA) is 116 Å². The highest BCUT2D eigenvalue weighted by atomic mass is 16.6. The lowest BCUT2D eigenvalue weighted by molar-refractivity contribution is -0.384. The van der Waals surface area contributed by atoms with Crippen molar-refractivity contribution in [1.29, 1.82) is 0 Å². The number of carbonyl (C=O) groups excluding carboxylic acids is 3. The van der Waals surface area contributed by atoms with Crippen LogP contribution in [-0.2, 0) is 9.59 Å². The molecular formula is C25H29N5O5. The lowest BCUT2D eigenvalue weighted by Crippen LogP contribution is -2.48. The van der Waals surface area contributed by atoms with Crippen LogP contribution in [0.25, 0.3) is 0 Å². The van der Waals surface area contributed by atoms with Gasteiger partial charge in [-0.3, -0.25) is 24.5 Å². The summed E-state index contributed by atoms with van der Waals surface area (Å²) in [7, 11) is 0. The molecule has 0 bridgehead atoms. The lowest BCUT2D eigenvalue weighted by atomic mass is 10.1. The number of non-ortho nitro benzene ring substituents is 1. The smallest absolute Gasteiger partial charge is 0.269 e. The fourth-order valence-corrected chi connectivity index (χ4v) is 4.48. The fraction of sp³-hybridized carbons (Fsp3) is 0.400. The van der Waals surface area contributed by atoms with Gasteiger partial charge >= 0.3 is 0 Å². The van der Waals surface area contributed by atoms with Crippen LogP contribution in [0, 0.1) is 16.0 Å². The van der Waals surface area contributed by atoms with Crippen LogP contribution >= 0.6 is 0 Å². The molecule has 0 radical (unpaired) electrons. The van der Waals surface area contributed by atoms with Crippen molar-refractivity contribution in [1.82, 2.24) is 9.80 Å². The maximum absolute atomic E-state index is 12.9. The van der Waals surface area contributed by atoms with Crippen LogP contribution in [0.1, 0.15) is 30.6 Å². The molecule has 0 saturated carbocycles. The Bertz CT molecular complexity index is 1110. The monoisotopic (exact) mass is 479 g/mol. The molecule has 2 aromatic rings. The van der Waals surface area contributed by atoms with E-state index in [9.17, 15) is 24.5 Å². The van der Waals surface area contributed by atoms with Crippen LogP contribution in [0.15, 0.2) is 48.5 Å². The number of nitrogens with zero attached hydrogens (tertiary/aromatic N) is 4. The molecule has 1 atom stereocenters. The van der Waals surface area contributed by atoms with Crippen molar-refractivity contribution in [2.24, 2.45) is 5.92 Å². The van der Waals surface area contributed by atoms with Gasteiger partial charge < -0.3 is 20.0 Å². The van der Waals surface area contributed by atoms with E-state index in [4.69, 9.17) is 0 Å². The highest BCUT2D eigenvalue weighted by molar-refractivity contribution is 5.98. The van der Waals surface area contributed by atoms with Gasteiger partial charge in [-0.2, -0.15) is 0 Å². The zero-order valence-electron chi connectivity index (χ0n) is 19.8. The van der Waals surface area contributed by atoms with Crippen molar-refractivity contribution < 1.29 is 19.3 Å². The molecule has 0 spiro atoms. The summed E-state index contributed by atoms with van der Waals surface area (Å²) in [5.74, 6) is -0.656. The van der Waals surface area contributed by atoms with Gasteiger partial charge in [-0.1, -0.05) is 0 Å². The van der Waals surface area contributed by atoms with E-state index in [1.165, 1.54) is 12.1 Å². The van der Waals surface area contributed by atoms with Crippen molar-refractivity contribution >= 4 is 34.8 Å². The van der Waals surface area contributed by atoms with Gasteiger partial charge in [-0.05, 0) is 50.2 Å². The summed E-state index contributed by atoms with van der Waals surface area (Å²) in [6.07, 6.45) is 0.215. The van der Waals surface area contributed by atoms with Crippen LogP contribution < -0.4 is 10.2 Å². The number of hydrogen-bond acceptors (Lipinski definition) is 6. The molecule has 2 aromatic carbocycles. The van der Waals surface area contributed by atoms with E-state index in [-0.39, 0.29) is 41.8 Å². The Hall–Kier alpha value is -3.95. The number of likely N-dealkylation sites (tertiary alicyclic amines) is 1. The van der Waals surface area contributed by atoms with Gasteiger partial charge in [-0.25, -0.2) is 0 Å². The first-order chi connectivity index (χ1) is 16.7. The summed E-state index contributed by atoms with van der Waals surface area (Å²) in [5.41, 5.74) is 2.07. The van der Waals surface area contributed by atoms with Crippen LogP contribution in [-0.4, -0.2) is 71.2 Å². The average Bonchev–Trinajstić information content (AvgIpc) is 3.26. The van der Waals surface area contributed by atoms with Gasteiger partial charge in [0.05, 0.1) is 10.8 Å². The minimum atomic E-state index is -0.424. The number of rotatable bonds is 6. The number of anilines is 2. The third-order valence-corrected chi connectivity index (χ3v) is 6.54. The third-order valence-electron chi connectivity index (χ3n) is 6.54. The van der Waals surface area contributed by atoms with Crippen molar-refractivity contribution in [2.75, 3.05) is 42.9 Å². The molecule has 0 aromatic heterocycles. The lowest BCUT2D eigenvalue weighted by Gasteiger charge is -2.36. The number of hydrogen-bond donors (Lipinski definition) is 1. The quantitative estimate of drug-likeness (QED) is 0.503. The first-order valence-electron chi connectivity index (χ1n) is 11.7.